The number of aliphatic hydroxyl groups is 1. The van der Waals surface area contributed by atoms with Crippen LogP contribution in [0.5, 0.6) is 0 Å². The van der Waals surface area contributed by atoms with Crippen LogP contribution in [0.2, 0.25) is 0 Å². The second kappa shape index (κ2) is 9.50. The van der Waals surface area contributed by atoms with Gasteiger partial charge in [-0.1, -0.05) is 48.5 Å². The number of hydrogen-bond acceptors (Lipinski definition) is 6. The van der Waals surface area contributed by atoms with Gasteiger partial charge >= 0.3 is 0 Å². The van der Waals surface area contributed by atoms with E-state index in [1.807, 2.05) is 18.7 Å². The van der Waals surface area contributed by atoms with Gasteiger partial charge in [-0.3, -0.25) is 4.79 Å². The first-order valence-electron chi connectivity index (χ1n) is 17.1. The van der Waals surface area contributed by atoms with Crippen molar-refractivity contribution in [1.29, 1.82) is 0 Å². The van der Waals surface area contributed by atoms with Crippen LogP contribution in [0.1, 0.15) is 99.8 Å². The van der Waals surface area contributed by atoms with E-state index in [1.165, 1.54) is 25.7 Å². The zero-order chi connectivity index (χ0) is 30.0. The Kier molecular flexibility index (Phi) is 6.71. The molecular formula is C35H55NO6. The van der Waals surface area contributed by atoms with Gasteiger partial charge in [0.2, 0.25) is 5.91 Å². The normalized spacial score (nSPS) is 54.2. The first-order chi connectivity index (χ1) is 19.8. The number of carbonyl (C=O) groups excluding carboxylic acids is 2. The zero-order valence-electron chi connectivity index (χ0n) is 27.1. The maximum atomic E-state index is 12.7. The van der Waals surface area contributed by atoms with Crippen molar-refractivity contribution in [2.75, 3.05) is 19.7 Å². The number of nitrogens with zero attached hydrogens (tertiary/aromatic N) is 1. The van der Waals surface area contributed by atoms with E-state index in [9.17, 15) is 14.7 Å². The van der Waals surface area contributed by atoms with E-state index in [4.69, 9.17) is 14.2 Å². The minimum absolute atomic E-state index is 0.0131. The van der Waals surface area contributed by atoms with Gasteiger partial charge in [0.25, 0.3) is 0 Å². The molecule has 0 aromatic heterocycles. The second-order valence-corrected chi connectivity index (χ2v) is 17.1. The molecule has 13 atom stereocenters. The molecule has 0 bridgehead atoms. The van der Waals surface area contributed by atoms with Crippen molar-refractivity contribution in [3.8, 4) is 0 Å². The standard InChI is InChI=1S/C35H55NO6/c1-20(2)30(39)36-14-15-40-26(17-36)42-25-10-11-34-19-35(34)13-12-32(6)27-21(3)16-22(18-37)41-28(27)29(38)33(32,7)24(35)9-8-23(34)31(25,4)5/h18,20-29,38H,8-17,19H2,1-7H3/t21-,22-,23+,24+,25+,26+,27?,28+,29+,32-,33-,34?,35+/m1/s1. The molecule has 7 heteroatoms. The summed E-state index contributed by atoms with van der Waals surface area (Å²) >= 11 is 0. The van der Waals surface area contributed by atoms with E-state index in [1.54, 1.807) is 0 Å². The minimum Gasteiger partial charge on any atom is -0.390 e. The van der Waals surface area contributed by atoms with Crippen LogP contribution in [0.25, 0.3) is 0 Å². The Morgan fingerprint density at radius 2 is 1.76 bits per heavy atom. The van der Waals surface area contributed by atoms with Gasteiger partial charge in [0, 0.05) is 17.9 Å². The largest absolute Gasteiger partial charge is 0.390 e. The number of aliphatic hydroxyl groups excluding tert-OH is 1. The van der Waals surface area contributed by atoms with Crippen LogP contribution in [0.4, 0.5) is 0 Å². The highest BCUT2D eigenvalue weighted by Crippen LogP contribution is 2.89. The Bertz CT molecular complexity index is 1120. The fourth-order valence-electron chi connectivity index (χ4n) is 13.1. The van der Waals surface area contributed by atoms with E-state index in [0.717, 1.165) is 32.0 Å². The Morgan fingerprint density at radius 1 is 1.05 bits per heavy atom. The molecule has 2 aliphatic heterocycles. The quantitative estimate of drug-likeness (QED) is 0.455. The van der Waals surface area contributed by atoms with Crippen molar-refractivity contribution in [2.24, 2.45) is 56.7 Å². The predicted molar refractivity (Wildman–Crippen MR) is 158 cm³/mol. The molecule has 0 aromatic carbocycles. The van der Waals surface area contributed by atoms with Gasteiger partial charge < -0.3 is 29.0 Å². The molecule has 2 unspecified atom stereocenters. The summed E-state index contributed by atoms with van der Waals surface area (Å²) in [4.78, 5) is 26.4. The highest BCUT2D eigenvalue weighted by Gasteiger charge is 2.84. The summed E-state index contributed by atoms with van der Waals surface area (Å²) in [5.74, 6) is 1.91. The monoisotopic (exact) mass is 585 g/mol. The van der Waals surface area contributed by atoms with Gasteiger partial charge in [-0.25, -0.2) is 0 Å². The van der Waals surface area contributed by atoms with E-state index in [-0.39, 0.29) is 58.1 Å². The molecule has 5 aliphatic carbocycles. The summed E-state index contributed by atoms with van der Waals surface area (Å²) in [6.07, 6.45) is 8.53. The van der Waals surface area contributed by atoms with Crippen LogP contribution in [-0.2, 0) is 23.8 Å². The third-order valence-corrected chi connectivity index (χ3v) is 15.1. The SMILES string of the molecule is CC(C)C(=O)N1CCO[C@@H](O[C@H]2CCC34C[C@]35CC[C@]3(C)C6[C@H](C)C[C@H](C=O)O[C@@H]6[C@H](O)[C@@]3(C)[C@@H]5CC[C@H]4C2(C)C)C1. The predicted octanol–water partition coefficient (Wildman–Crippen LogP) is 5.22. The number of fused-ring (bicyclic) bond motifs is 4. The van der Waals surface area contributed by atoms with Crippen molar-refractivity contribution in [3.05, 3.63) is 0 Å². The van der Waals surface area contributed by atoms with Crippen molar-refractivity contribution in [3.63, 3.8) is 0 Å². The maximum Gasteiger partial charge on any atom is 0.225 e. The summed E-state index contributed by atoms with van der Waals surface area (Å²) in [6, 6.07) is 0. The molecule has 7 aliphatic rings. The third kappa shape index (κ3) is 3.60. The molecular weight excluding hydrogens is 530 g/mol. The average molecular weight is 586 g/mol. The number of carbonyl (C=O) groups is 2. The third-order valence-electron chi connectivity index (χ3n) is 15.1. The lowest BCUT2D eigenvalue weighted by molar-refractivity contribution is -0.248. The molecule has 7 nitrogen and oxygen atoms in total. The van der Waals surface area contributed by atoms with Crippen molar-refractivity contribution in [2.45, 2.75) is 131 Å². The van der Waals surface area contributed by atoms with E-state index in [0.29, 0.717) is 48.8 Å². The van der Waals surface area contributed by atoms with E-state index in [2.05, 4.69) is 34.6 Å². The Hall–Kier alpha value is -1.02. The maximum absolute atomic E-state index is 12.7. The van der Waals surface area contributed by atoms with Crippen LogP contribution in [0, 0.1) is 56.7 Å². The van der Waals surface area contributed by atoms with Crippen molar-refractivity contribution < 1.29 is 28.9 Å². The molecule has 0 aromatic rings. The van der Waals surface area contributed by atoms with Crippen LogP contribution >= 0.6 is 0 Å². The number of hydrogen-bond donors (Lipinski definition) is 1. The molecule has 7 fully saturated rings. The second-order valence-electron chi connectivity index (χ2n) is 17.1. The number of rotatable bonds is 4. The van der Waals surface area contributed by atoms with Gasteiger partial charge in [0.1, 0.15) is 12.4 Å². The highest BCUT2D eigenvalue weighted by molar-refractivity contribution is 5.78. The van der Waals surface area contributed by atoms with Gasteiger partial charge in [-0.15, -0.1) is 0 Å². The number of aldehydes is 1. The molecule has 7 rings (SSSR count). The summed E-state index contributed by atoms with van der Waals surface area (Å²) in [7, 11) is 0. The van der Waals surface area contributed by atoms with Gasteiger partial charge in [-0.05, 0) is 96.7 Å². The molecule has 1 N–H and O–H groups in total. The Morgan fingerprint density at radius 3 is 2.48 bits per heavy atom. The number of morpholine rings is 1. The molecule has 0 radical (unpaired) electrons. The van der Waals surface area contributed by atoms with Gasteiger partial charge in [0.05, 0.1) is 31.5 Å². The lowest BCUT2D eigenvalue weighted by atomic mass is 9.41. The smallest absolute Gasteiger partial charge is 0.225 e. The van der Waals surface area contributed by atoms with Gasteiger partial charge in [-0.2, -0.15) is 0 Å². The minimum atomic E-state index is -0.526. The van der Waals surface area contributed by atoms with Crippen LogP contribution in [-0.4, -0.2) is 72.6 Å². The highest BCUT2D eigenvalue weighted by atomic mass is 16.7. The van der Waals surface area contributed by atoms with Crippen LogP contribution in [0.3, 0.4) is 0 Å². The molecule has 1 amide bonds. The molecule has 42 heavy (non-hydrogen) atoms. The Labute approximate surface area is 252 Å². The molecule has 5 saturated carbocycles. The molecule has 236 valence electrons. The molecule has 2 spiro atoms. The van der Waals surface area contributed by atoms with E-state index >= 15 is 0 Å². The summed E-state index contributed by atoms with van der Waals surface area (Å²) in [6.45, 7) is 17.6. The zero-order valence-corrected chi connectivity index (χ0v) is 27.1. The van der Waals surface area contributed by atoms with Crippen molar-refractivity contribution in [1.82, 2.24) is 4.90 Å². The van der Waals surface area contributed by atoms with Crippen LogP contribution < -0.4 is 0 Å². The number of amides is 1. The first kappa shape index (κ1) is 29.7. The average Bonchev–Trinajstić information content (AvgIpc) is 3.59. The molecule has 2 heterocycles. The molecule has 2 saturated heterocycles. The summed E-state index contributed by atoms with van der Waals surface area (Å²) < 4.78 is 19.2. The van der Waals surface area contributed by atoms with Crippen molar-refractivity contribution >= 4 is 12.2 Å². The lowest BCUT2D eigenvalue weighted by Crippen LogP contribution is -2.60. The Balaban J connectivity index is 1.12. The van der Waals surface area contributed by atoms with E-state index < -0.39 is 6.10 Å². The summed E-state index contributed by atoms with van der Waals surface area (Å²) in [5.41, 5.74) is 0.433. The topological polar surface area (TPSA) is 85.3 Å². The fraction of sp³-hybridized carbons (Fsp3) is 0.943. The van der Waals surface area contributed by atoms with Gasteiger partial charge in [0.15, 0.2) is 6.29 Å². The summed E-state index contributed by atoms with van der Waals surface area (Å²) in [5, 5.41) is 12.2. The number of ether oxygens (including phenoxy) is 3. The van der Waals surface area contributed by atoms with Crippen LogP contribution in [0.15, 0.2) is 0 Å². The first-order valence-corrected chi connectivity index (χ1v) is 17.1. The lowest BCUT2D eigenvalue weighted by Gasteiger charge is -2.63. The fourth-order valence-corrected chi connectivity index (χ4v) is 13.1.